The SMILES string of the molecule is Cc1cc([N+]#N)ccc1C(F)(C(F)(F)F)C(F)(F)F. The van der Waals surface area contributed by atoms with Gasteiger partial charge in [0.05, 0.1) is 0 Å². The van der Waals surface area contributed by atoms with Crippen LogP contribution in [0.4, 0.5) is 36.4 Å². The van der Waals surface area contributed by atoms with Crippen LogP contribution in [0.2, 0.25) is 0 Å². The molecule has 0 saturated carbocycles. The number of diazo groups is 1. The minimum absolute atomic E-state index is 0.284. The number of alkyl halides is 7. The lowest BCUT2D eigenvalue weighted by Gasteiger charge is -2.31. The van der Waals surface area contributed by atoms with Crippen LogP contribution in [-0.4, -0.2) is 12.4 Å². The van der Waals surface area contributed by atoms with Crippen LogP contribution in [0, 0.1) is 12.3 Å². The molecular formula is C10H6F7N2+. The summed E-state index contributed by atoms with van der Waals surface area (Å²) in [5.74, 6) is 0. The van der Waals surface area contributed by atoms with Gasteiger partial charge in [-0.15, -0.1) is 0 Å². The minimum atomic E-state index is -6.16. The fourth-order valence-electron chi connectivity index (χ4n) is 1.56. The smallest absolute Gasteiger partial charge is 0.218 e. The van der Waals surface area contributed by atoms with Gasteiger partial charge in [-0.25, -0.2) is 4.39 Å². The van der Waals surface area contributed by atoms with Crippen LogP contribution in [0.25, 0.3) is 4.98 Å². The molecule has 1 aromatic rings. The zero-order valence-electron chi connectivity index (χ0n) is 9.27. The molecule has 9 heteroatoms. The average Bonchev–Trinajstić information content (AvgIpc) is 2.24. The van der Waals surface area contributed by atoms with Crippen LogP contribution in [0.5, 0.6) is 0 Å². The van der Waals surface area contributed by atoms with E-state index in [9.17, 15) is 30.7 Å². The Morgan fingerprint density at radius 1 is 0.947 bits per heavy atom. The maximum Gasteiger partial charge on any atom is 0.435 e. The molecule has 1 aromatic carbocycles. The van der Waals surface area contributed by atoms with Gasteiger partial charge in [-0.3, -0.25) is 0 Å². The molecule has 0 atom stereocenters. The highest BCUT2D eigenvalue weighted by molar-refractivity contribution is 5.50. The van der Waals surface area contributed by atoms with Crippen molar-refractivity contribution in [3.8, 4) is 0 Å². The fourth-order valence-corrected chi connectivity index (χ4v) is 1.56. The second kappa shape index (κ2) is 4.36. The molecule has 0 N–H and O–H groups in total. The van der Waals surface area contributed by atoms with Gasteiger partial charge in [-0.2, -0.15) is 26.3 Å². The molecule has 0 saturated heterocycles. The third-order valence-electron chi connectivity index (χ3n) is 2.48. The molecule has 0 aromatic heterocycles. The van der Waals surface area contributed by atoms with E-state index in [0.717, 1.165) is 6.92 Å². The van der Waals surface area contributed by atoms with E-state index in [-0.39, 0.29) is 5.69 Å². The van der Waals surface area contributed by atoms with Gasteiger partial charge in [0.25, 0.3) is 0 Å². The van der Waals surface area contributed by atoms with Gasteiger partial charge < -0.3 is 0 Å². The van der Waals surface area contributed by atoms with E-state index in [1.807, 2.05) is 0 Å². The Balaban J connectivity index is 3.58. The van der Waals surface area contributed by atoms with Crippen molar-refractivity contribution in [2.75, 3.05) is 0 Å². The van der Waals surface area contributed by atoms with Crippen LogP contribution in [-0.2, 0) is 5.67 Å². The van der Waals surface area contributed by atoms with Crippen molar-refractivity contribution in [3.05, 3.63) is 34.3 Å². The molecule has 0 amide bonds. The summed E-state index contributed by atoms with van der Waals surface area (Å²) in [6.07, 6.45) is -12.3. The van der Waals surface area contributed by atoms with Gasteiger partial charge >= 0.3 is 23.7 Å². The Morgan fingerprint density at radius 3 is 1.74 bits per heavy atom. The van der Waals surface area contributed by atoms with E-state index in [0.29, 0.717) is 18.2 Å². The molecule has 2 nitrogen and oxygen atoms in total. The first-order valence-electron chi connectivity index (χ1n) is 4.73. The van der Waals surface area contributed by atoms with Gasteiger partial charge in [-0.1, -0.05) is 0 Å². The lowest BCUT2D eigenvalue weighted by Crippen LogP contribution is -2.50. The zero-order valence-corrected chi connectivity index (χ0v) is 9.27. The number of hydrogen-bond donors (Lipinski definition) is 0. The quantitative estimate of drug-likeness (QED) is 0.540. The maximum absolute atomic E-state index is 13.7. The molecule has 0 aliphatic heterocycles. The molecule has 0 unspecified atom stereocenters. The molecule has 0 fully saturated rings. The van der Waals surface area contributed by atoms with Crippen molar-refractivity contribution in [1.29, 1.82) is 5.39 Å². The molecule has 0 radical (unpaired) electrons. The standard InChI is InChI=1S/C10H6F7N2/c1-5-4-6(19-18)2-3-7(5)8(11,9(12,13)14)10(15,16)17/h2-4H,1H3/q+1. The van der Waals surface area contributed by atoms with Gasteiger partial charge in [-0.05, 0) is 18.6 Å². The predicted molar refractivity (Wildman–Crippen MR) is 50.8 cm³/mol. The van der Waals surface area contributed by atoms with E-state index >= 15 is 0 Å². The number of nitrogens with zero attached hydrogens (tertiary/aromatic N) is 2. The number of halogens is 7. The first-order chi connectivity index (χ1) is 8.45. The summed E-state index contributed by atoms with van der Waals surface area (Å²) in [6.45, 7) is 0.857. The molecule has 1 rings (SSSR count). The maximum atomic E-state index is 13.7. The highest BCUT2D eigenvalue weighted by atomic mass is 19.4. The van der Waals surface area contributed by atoms with Gasteiger partial charge in [0, 0.05) is 17.7 Å². The molecule has 19 heavy (non-hydrogen) atoms. The first kappa shape index (κ1) is 15.2. The average molecular weight is 287 g/mol. The lowest BCUT2D eigenvalue weighted by molar-refractivity contribution is -0.348. The van der Waals surface area contributed by atoms with Crippen LogP contribution >= 0.6 is 0 Å². The molecule has 0 spiro atoms. The van der Waals surface area contributed by atoms with E-state index < -0.39 is 29.1 Å². The van der Waals surface area contributed by atoms with Crippen LogP contribution < -0.4 is 0 Å². The predicted octanol–water partition coefficient (Wildman–Crippen LogP) is 4.77. The molecule has 0 heterocycles. The number of aryl methyl sites for hydroxylation is 1. The van der Waals surface area contributed by atoms with Crippen molar-refractivity contribution >= 4 is 5.69 Å². The topological polar surface area (TPSA) is 28.1 Å². The van der Waals surface area contributed by atoms with Crippen LogP contribution in [0.1, 0.15) is 11.1 Å². The highest BCUT2D eigenvalue weighted by Crippen LogP contribution is 2.54. The van der Waals surface area contributed by atoms with E-state index in [1.165, 1.54) is 0 Å². The molecule has 0 bridgehead atoms. The van der Waals surface area contributed by atoms with E-state index in [1.54, 1.807) is 0 Å². The largest absolute Gasteiger partial charge is 0.435 e. The summed E-state index contributed by atoms with van der Waals surface area (Å²) in [5, 5.41) is 8.36. The van der Waals surface area contributed by atoms with Gasteiger partial charge in [0.15, 0.2) is 4.98 Å². The molecular weight excluding hydrogens is 281 g/mol. The summed E-state index contributed by atoms with van der Waals surface area (Å²) in [4.78, 5) is 2.59. The summed E-state index contributed by atoms with van der Waals surface area (Å²) in [7, 11) is 0. The van der Waals surface area contributed by atoms with Crippen molar-refractivity contribution in [1.82, 2.24) is 0 Å². The van der Waals surface area contributed by atoms with Gasteiger partial charge in [0.2, 0.25) is 5.39 Å². The van der Waals surface area contributed by atoms with E-state index in [4.69, 9.17) is 5.39 Å². The van der Waals surface area contributed by atoms with Crippen molar-refractivity contribution in [2.24, 2.45) is 0 Å². The Hall–Kier alpha value is -1.85. The Morgan fingerprint density at radius 2 is 1.42 bits per heavy atom. The Bertz CT molecular complexity index is 510. The number of benzene rings is 1. The number of rotatable bonds is 1. The number of hydrogen-bond acceptors (Lipinski definition) is 1. The van der Waals surface area contributed by atoms with Crippen molar-refractivity contribution in [2.45, 2.75) is 24.9 Å². The monoisotopic (exact) mass is 287 g/mol. The Kier molecular flexibility index (Phi) is 3.49. The summed E-state index contributed by atoms with van der Waals surface area (Å²) < 4.78 is 88.6. The molecule has 0 aliphatic carbocycles. The van der Waals surface area contributed by atoms with Crippen molar-refractivity contribution in [3.63, 3.8) is 0 Å². The third-order valence-corrected chi connectivity index (χ3v) is 2.48. The lowest BCUT2D eigenvalue weighted by atomic mass is 9.90. The van der Waals surface area contributed by atoms with Gasteiger partial charge in [0.1, 0.15) is 0 Å². The van der Waals surface area contributed by atoms with E-state index in [2.05, 4.69) is 4.98 Å². The van der Waals surface area contributed by atoms with Crippen LogP contribution in [0.15, 0.2) is 18.2 Å². The zero-order chi connectivity index (χ0) is 15.1. The normalized spacial score (nSPS) is 13.2. The third kappa shape index (κ3) is 2.34. The second-order valence-electron chi connectivity index (χ2n) is 3.75. The summed E-state index contributed by atoms with van der Waals surface area (Å²) in [5.41, 5.74) is -7.97. The molecule has 104 valence electrons. The minimum Gasteiger partial charge on any atom is -0.218 e. The summed E-state index contributed by atoms with van der Waals surface area (Å²) >= 11 is 0. The van der Waals surface area contributed by atoms with Crippen LogP contribution in [0.3, 0.4) is 0 Å². The Labute approximate surface area is 102 Å². The van der Waals surface area contributed by atoms with Crippen molar-refractivity contribution < 1.29 is 30.7 Å². The molecule has 0 aliphatic rings. The first-order valence-corrected chi connectivity index (χ1v) is 4.73. The highest BCUT2D eigenvalue weighted by Gasteiger charge is 2.73. The summed E-state index contributed by atoms with van der Waals surface area (Å²) in [6, 6.07) is 1.65. The fraction of sp³-hybridized carbons (Fsp3) is 0.400. The second-order valence-corrected chi connectivity index (χ2v) is 3.75.